The quantitative estimate of drug-likeness (QED) is 0.786. The van der Waals surface area contributed by atoms with Crippen LogP contribution in [0, 0.1) is 6.92 Å². The summed E-state index contributed by atoms with van der Waals surface area (Å²) in [6, 6.07) is 3.40. The lowest BCUT2D eigenvalue weighted by atomic mass is 9.95. The first-order chi connectivity index (χ1) is 12.8. The van der Waals surface area contributed by atoms with Crippen LogP contribution in [0.25, 0.3) is 0 Å². The number of benzene rings is 1. The van der Waals surface area contributed by atoms with Gasteiger partial charge in [-0.2, -0.15) is 13.2 Å². The Bertz CT molecular complexity index is 924. The molecule has 0 aliphatic heterocycles. The van der Waals surface area contributed by atoms with Gasteiger partial charge in [0.05, 0.1) is 18.2 Å². The number of carboxylic acid groups (broad SMARTS) is 1. The molecule has 28 heavy (non-hydrogen) atoms. The van der Waals surface area contributed by atoms with Crippen molar-refractivity contribution < 1.29 is 32.6 Å². The third kappa shape index (κ3) is 4.02. The number of rotatable bonds is 4. The molecule has 0 fully saturated rings. The number of halogens is 3. The molecule has 2 aromatic rings. The van der Waals surface area contributed by atoms with Crippen molar-refractivity contribution >= 4 is 11.9 Å². The zero-order valence-corrected chi connectivity index (χ0v) is 16.1. The van der Waals surface area contributed by atoms with Gasteiger partial charge < -0.3 is 14.4 Å². The van der Waals surface area contributed by atoms with Crippen molar-refractivity contribution in [1.29, 1.82) is 0 Å². The van der Waals surface area contributed by atoms with Crippen LogP contribution in [-0.2, 0) is 22.9 Å². The lowest BCUT2D eigenvalue weighted by Gasteiger charge is -2.22. The Labute approximate surface area is 160 Å². The fraction of sp³-hybridized carbons (Fsp3) is 0.421. The van der Waals surface area contributed by atoms with E-state index in [1.807, 2.05) is 20.8 Å². The minimum absolute atomic E-state index is 0.00960. The van der Waals surface area contributed by atoms with E-state index in [1.165, 1.54) is 23.8 Å². The second-order valence-electron chi connectivity index (χ2n) is 7.34. The molecule has 0 radical (unpaired) electrons. The molecule has 0 saturated carbocycles. The highest BCUT2D eigenvalue weighted by Crippen LogP contribution is 2.36. The second-order valence-corrected chi connectivity index (χ2v) is 7.34. The molecule has 0 unspecified atom stereocenters. The van der Waals surface area contributed by atoms with Gasteiger partial charge in [-0.3, -0.25) is 0 Å². The molecule has 0 bridgehead atoms. The van der Waals surface area contributed by atoms with Crippen molar-refractivity contribution in [2.45, 2.75) is 45.8 Å². The number of imidazole rings is 1. The second kappa shape index (κ2) is 7.29. The van der Waals surface area contributed by atoms with Gasteiger partial charge in [-0.05, 0) is 18.6 Å². The normalized spacial score (nSPS) is 12.1. The molecule has 0 spiro atoms. The summed E-state index contributed by atoms with van der Waals surface area (Å²) in [7, 11) is 1.19. The maximum Gasteiger partial charge on any atom is 0.417 e. The van der Waals surface area contributed by atoms with Gasteiger partial charge in [-0.15, -0.1) is 0 Å². The number of nitrogens with zero attached hydrogens (tertiary/aromatic N) is 2. The Balaban J connectivity index is 2.73. The molecule has 1 aromatic heterocycles. The number of hydrogen-bond donors (Lipinski definition) is 1. The van der Waals surface area contributed by atoms with Crippen molar-refractivity contribution in [3.8, 4) is 0 Å². The standard InChI is InChI=1S/C19H21F3N2O4/c1-10-14(16(27)28-5)23-17(18(2,3)4)24(10)9-11-7-6-8-12(15(25)26)13(11)19(20,21)22/h6-8H,9H2,1-5H3,(H,25,26). The van der Waals surface area contributed by atoms with Crippen molar-refractivity contribution in [2.24, 2.45) is 0 Å². The fourth-order valence-electron chi connectivity index (χ4n) is 3.01. The number of aromatic nitrogens is 2. The largest absolute Gasteiger partial charge is 0.478 e. The number of esters is 1. The number of carboxylic acids is 1. The van der Waals surface area contributed by atoms with E-state index >= 15 is 0 Å². The highest BCUT2D eigenvalue weighted by atomic mass is 19.4. The summed E-state index contributed by atoms with van der Waals surface area (Å²) in [5.74, 6) is -1.97. The van der Waals surface area contributed by atoms with Crippen molar-refractivity contribution in [3.63, 3.8) is 0 Å². The third-order valence-electron chi connectivity index (χ3n) is 4.26. The number of aromatic carboxylic acids is 1. The van der Waals surface area contributed by atoms with Gasteiger partial charge in [-0.1, -0.05) is 32.9 Å². The Hall–Kier alpha value is -2.84. The average molecular weight is 398 g/mol. The van der Waals surface area contributed by atoms with E-state index in [0.29, 0.717) is 11.5 Å². The van der Waals surface area contributed by atoms with E-state index in [-0.39, 0.29) is 17.8 Å². The molecule has 0 atom stereocenters. The number of carbonyl (C=O) groups is 2. The van der Waals surface area contributed by atoms with Crippen LogP contribution >= 0.6 is 0 Å². The van der Waals surface area contributed by atoms with E-state index in [9.17, 15) is 27.9 Å². The summed E-state index contributed by atoms with van der Waals surface area (Å²) >= 11 is 0. The number of carbonyl (C=O) groups excluding carboxylic acids is 1. The lowest BCUT2D eigenvalue weighted by molar-refractivity contribution is -0.138. The summed E-state index contributed by atoms with van der Waals surface area (Å²) in [4.78, 5) is 27.6. The molecule has 1 aromatic carbocycles. The van der Waals surface area contributed by atoms with Gasteiger partial charge in [0.2, 0.25) is 0 Å². The van der Waals surface area contributed by atoms with Crippen LogP contribution in [0.15, 0.2) is 18.2 Å². The predicted molar refractivity (Wildman–Crippen MR) is 94.5 cm³/mol. The van der Waals surface area contributed by atoms with Gasteiger partial charge >= 0.3 is 18.1 Å². The van der Waals surface area contributed by atoms with E-state index in [0.717, 1.165) is 6.07 Å². The zero-order chi connectivity index (χ0) is 21.4. The summed E-state index contributed by atoms with van der Waals surface area (Å²) in [5.41, 5.74) is -2.50. The number of ether oxygens (including phenoxy) is 1. The van der Waals surface area contributed by atoms with Crippen LogP contribution in [0.4, 0.5) is 13.2 Å². The van der Waals surface area contributed by atoms with Crippen LogP contribution in [0.1, 0.15) is 64.3 Å². The van der Waals surface area contributed by atoms with Crippen molar-refractivity contribution in [3.05, 3.63) is 52.1 Å². The summed E-state index contributed by atoms with van der Waals surface area (Å²) in [5, 5.41) is 9.19. The number of methoxy groups -OCH3 is 1. The van der Waals surface area contributed by atoms with Crippen molar-refractivity contribution in [1.82, 2.24) is 9.55 Å². The Morgan fingerprint density at radius 1 is 1.21 bits per heavy atom. The van der Waals surface area contributed by atoms with Crippen molar-refractivity contribution in [2.75, 3.05) is 7.11 Å². The van der Waals surface area contributed by atoms with E-state index in [2.05, 4.69) is 4.98 Å². The van der Waals surface area contributed by atoms with E-state index in [4.69, 9.17) is 4.74 Å². The SMILES string of the molecule is COC(=O)c1nc(C(C)(C)C)n(Cc2cccc(C(=O)O)c2C(F)(F)F)c1C. The average Bonchev–Trinajstić information content (AvgIpc) is 2.90. The Morgan fingerprint density at radius 2 is 1.82 bits per heavy atom. The molecule has 0 aliphatic carbocycles. The summed E-state index contributed by atoms with van der Waals surface area (Å²) in [6.45, 7) is 6.70. The molecule has 152 valence electrons. The predicted octanol–water partition coefficient (Wildman–Crippen LogP) is 4.04. The molecule has 1 N–H and O–H groups in total. The first-order valence-electron chi connectivity index (χ1n) is 8.37. The van der Waals surface area contributed by atoms with Crippen LogP contribution in [0.3, 0.4) is 0 Å². The molecule has 9 heteroatoms. The monoisotopic (exact) mass is 398 g/mol. The number of hydrogen-bond acceptors (Lipinski definition) is 4. The molecular weight excluding hydrogens is 377 g/mol. The van der Waals surface area contributed by atoms with Gasteiger partial charge in [0, 0.05) is 17.7 Å². The van der Waals surface area contributed by atoms with Gasteiger partial charge in [0.25, 0.3) is 0 Å². The molecule has 0 amide bonds. The van der Waals surface area contributed by atoms with Gasteiger partial charge in [0.15, 0.2) is 5.69 Å². The lowest BCUT2D eigenvalue weighted by Crippen LogP contribution is -2.22. The molecule has 6 nitrogen and oxygen atoms in total. The molecule has 1 heterocycles. The van der Waals surface area contributed by atoms with Gasteiger partial charge in [-0.25, -0.2) is 14.6 Å². The maximum atomic E-state index is 13.6. The summed E-state index contributed by atoms with van der Waals surface area (Å²) < 4.78 is 47.1. The highest BCUT2D eigenvalue weighted by molar-refractivity contribution is 5.90. The Morgan fingerprint density at radius 3 is 2.29 bits per heavy atom. The van der Waals surface area contributed by atoms with E-state index < -0.39 is 34.7 Å². The summed E-state index contributed by atoms with van der Waals surface area (Å²) in [6.07, 6.45) is -4.86. The van der Waals surface area contributed by atoms with E-state index in [1.54, 1.807) is 6.92 Å². The smallest absolute Gasteiger partial charge is 0.417 e. The maximum absolute atomic E-state index is 13.6. The molecule has 0 saturated heterocycles. The first-order valence-corrected chi connectivity index (χ1v) is 8.37. The van der Waals surface area contributed by atoms with Crippen LogP contribution in [0.5, 0.6) is 0 Å². The first kappa shape index (κ1) is 21.5. The minimum atomic E-state index is -4.86. The highest BCUT2D eigenvalue weighted by Gasteiger charge is 2.38. The third-order valence-corrected chi connectivity index (χ3v) is 4.26. The number of alkyl halides is 3. The minimum Gasteiger partial charge on any atom is -0.478 e. The van der Waals surface area contributed by atoms with Crippen LogP contribution < -0.4 is 0 Å². The van der Waals surface area contributed by atoms with Crippen LogP contribution in [-0.4, -0.2) is 33.7 Å². The zero-order valence-electron chi connectivity index (χ0n) is 16.1. The Kier molecular flexibility index (Phi) is 5.59. The van der Waals surface area contributed by atoms with Gasteiger partial charge in [0.1, 0.15) is 5.82 Å². The van der Waals surface area contributed by atoms with Crippen LogP contribution in [0.2, 0.25) is 0 Å². The molecule has 0 aliphatic rings. The molecule has 2 rings (SSSR count). The molecular formula is C19H21F3N2O4. The topological polar surface area (TPSA) is 81.4 Å². The fourth-order valence-corrected chi connectivity index (χ4v) is 3.01.